The number of nitrogens with one attached hydrogen (secondary N) is 3. The first-order chi connectivity index (χ1) is 23.1. The Hall–Kier alpha value is -4.59. The third-order valence-corrected chi connectivity index (χ3v) is 8.89. The molecule has 4 atom stereocenters. The second kappa shape index (κ2) is 17.4. The van der Waals surface area contributed by atoms with Gasteiger partial charge in [-0.15, -0.1) is 5.06 Å². The quantitative estimate of drug-likeness (QED) is 0.147. The molecule has 14 nitrogen and oxygen atoms in total. The minimum absolute atomic E-state index is 0.0842. The summed E-state index contributed by atoms with van der Waals surface area (Å²) in [7, 11) is 3.28. The summed E-state index contributed by atoms with van der Waals surface area (Å²) in [6.07, 6.45) is 0.543. The van der Waals surface area contributed by atoms with E-state index >= 15 is 0 Å². The van der Waals surface area contributed by atoms with Gasteiger partial charge in [0.25, 0.3) is 11.8 Å². The van der Waals surface area contributed by atoms with Crippen LogP contribution in [0.3, 0.4) is 0 Å². The molecule has 276 valence electrons. The van der Waals surface area contributed by atoms with Crippen LogP contribution in [-0.4, -0.2) is 94.8 Å². The molecule has 1 aromatic rings. The Morgan fingerprint density at radius 1 is 0.960 bits per heavy atom. The Kier molecular flexibility index (Phi) is 14.4. The molecule has 50 heavy (non-hydrogen) atoms. The summed E-state index contributed by atoms with van der Waals surface area (Å²) in [6, 6.07) is 5.89. The smallest absolute Gasteiger partial charge is 0.333 e. The van der Waals surface area contributed by atoms with Crippen LogP contribution in [0, 0.1) is 11.3 Å². The number of carboxylic acids is 1. The number of hydrogen-bond acceptors (Lipinski definition) is 9. The molecule has 0 aromatic heterocycles. The first-order valence-corrected chi connectivity index (χ1v) is 16.7. The van der Waals surface area contributed by atoms with E-state index in [9.17, 15) is 38.7 Å². The van der Waals surface area contributed by atoms with Gasteiger partial charge in [-0.25, -0.2) is 9.59 Å². The number of carbonyl (C=O) groups is 7. The van der Waals surface area contributed by atoms with Gasteiger partial charge in [0.2, 0.25) is 17.7 Å². The van der Waals surface area contributed by atoms with Crippen molar-refractivity contribution in [2.75, 3.05) is 14.1 Å². The summed E-state index contributed by atoms with van der Waals surface area (Å²) < 4.78 is 0. The Labute approximate surface area is 294 Å². The van der Waals surface area contributed by atoms with Crippen LogP contribution < -0.4 is 16.0 Å². The van der Waals surface area contributed by atoms with Crippen LogP contribution in [0.4, 0.5) is 0 Å². The number of likely N-dealkylation sites (N-methyl/N-ethyl adjacent to an activating group) is 2. The molecule has 1 aliphatic heterocycles. The molecule has 0 radical (unpaired) electrons. The van der Waals surface area contributed by atoms with Crippen molar-refractivity contribution < 1.29 is 43.5 Å². The van der Waals surface area contributed by atoms with Gasteiger partial charge in [0.1, 0.15) is 12.1 Å². The fraction of sp³-hybridized carbons (Fsp3) is 0.583. The van der Waals surface area contributed by atoms with Gasteiger partial charge < -0.3 is 30.8 Å². The summed E-state index contributed by atoms with van der Waals surface area (Å²) in [5.74, 6) is -5.38. The number of hydroxylamine groups is 2. The van der Waals surface area contributed by atoms with E-state index in [1.54, 1.807) is 20.2 Å². The molecule has 1 aliphatic rings. The van der Waals surface area contributed by atoms with Crippen molar-refractivity contribution in [3.63, 3.8) is 0 Å². The number of aliphatic carboxylic acids is 1. The van der Waals surface area contributed by atoms with Crippen LogP contribution in [-0.2, 0) is 43.8 Å². The SMILES string of the molecule is CN[C@H](C(=O)N[C@H](C(=O)N(C)[C@H](/C=C(\C)C(=O)NC(CCC(=O)ON1C(=O)CCC1=O)C(=O)O)C(C)C)C(C)(C)C)C(C)(C)c1ccccc1. The van der Waals surface area contributed by atoms with Gasteiger partial charge >= 0.3 is 11.9 Å². The van der Waals surface area contributed by atoms with Crippen molar-refractivity contribution in [3.8, 4) is 0 Å². The van der Waals surface area contributed by atoms with E-state index in [0.29, 0.717) is 5.06 Å². The third kappa shape index (κ3) is 10.7. The molecule has 1 saturated heterocycles. The van der Waals surface area contributed by atoms with Gasteiger partial charge in [-0.3, -0.25) is 24.0 Å². The topological polar surface area (TPSA) is 192 Å². The zero-order valence-corrected chi connectivity index (χ0v) is 30.8. The molecule has 0 aliphatic carbocycles. The van der Waals surface area contributed by atoms with Gasteiger partial charge in [-0.05, 0) is 37.3 Å². The lowest BCUT2D eigenvalue weighted by atomic mass is 9.76. The van der Waals surface area contributed by atoms with Crippen LogP contribution in [0.2, 0.25) is 0 Å². The highest BCUT2D eigenvalue weighted by atomic mass is 16.7. The molecular formula is C36H53N5O9. The monoisotopic (exact) mass is 699 g/mol. The first kappa shape index (κ1) is 41.6. The van der Waals surface area contributed by atoms with Crippen LogP contribution in [0.5, 0.6) is 0 Å². The fourth-order valence-electron chi connectivity index (χ4n) is 5.76. The number of benzene rings is 1. The molecule has 1 unspecified atom stereocenters. The van der Waals surface area contributed by atoms with Crippen LogP contribution in [0.1, 0.15) is 86.6 Å². The maximum Gasteiger partial charge on any atom is 0.333 e. The number of carboxylic acid groups (broad SMARTS) is 1. The number of hydrogen-bond donors (Lipinski definition) is 4. The molecule has 1 fully saturated rings. The van der Waals surface area contributed by atoms with E-state index < -0.39 is 71.1 Å². The highest BCUT2D eigenvalue weighted by Gasteiger charge is 2.42. The maximum absolute atomic E-state index is 14.1. The Bertz CT molecular complexity index is 1450. The molecule has 0 spiro atoms. The Balaban J connectivity index is 2.21. The predicted octanol–water partition coefficient (Wildman–Crippen LogP) is 2.47. The standard InChI is InChI=1S/C36H53N5O9/c1-21(2)25(20-22(3)31(45)38-24(34(48)49)16-19-28(44)50-41-26(42)17-18-27(41)43)40(10)33(47)30(35(4,5)6)39-32(46)29(37-9)36(7,8)23-14-12-11-13-15-23/h11-15,20-21,24-25,29-30,37H,16-19H2,1-10H3,(H,38,45)(H,39,46)(H,48,49)/b22-20+/t24?,25-,29-,30-/m1/s1. The molecule has 0 saturated carbocycles. The van der Waals surface area contributed by atoms with Crippen molar-refractivity contribution in [2.24, 2.45) is 11.3 Å². The van der Waals surface area contributed by atoms with E-state index in [1.807, 2.05) is 78.8 Å². The Morgan fingerprint density at radius 3 is 2.00 bits per heavy atom. The predicted molar refractivity (Wildman–Crippen MR) is 185 cm³/mol. The fourth-order valence-corrected chi connectivity index (χ4v) is 5.76. The molecule has 4 N–H and O–H groups in total. The van der Waals surface area contributed by atoms with Crippen LogP contribution in [0.15, 0.2) is 42.0 Å². The van der Waals surface area contributed by atoms with Gasteiger partial charge in [0.15, 0.2) is 0 Å². The van der Waals surface area contributed by atoms with Crippen molar-refractivity contribution in [1.82, 2.24) is 25.9 Å². The van der Waals surface area contributed by atoms with Crippen molar-refractivity contribution in [2.45, 2.75) is 111 Å². The summed E-state index contributed by atoms with van der Waals surface area (Å²) in [5, 5.41) is 18.6. The lowest BCUT2D eigenvalue weighted by molar-refractivity contribution is -0.197. The van der Waals surface area contributed by atoms with Crippen LogP contribution in [0.25, 0.3) is 0 Å². The number of rotatable bonds is 16. The van der Waals surface area contributed by atoms with Gasteiger partial charge in [0, 0.05) is 30.9 Å². The molecule has 1 heterocycles. The Morgan fingerprint density at radius 2 is 1.52 bits per heavy atom. The van der Waals surface area contributed by atoms with E-state index in [4.69, 9.17) is 4.84 Å². The van der Waals surface area contributed by atoms with Gasteiger partial charge in [-0.1, -0.05) is 84.9 Å². The normalized spacial score (nSPS) is 16.4. The van der Waals surface area contributed by atoms with Gasteiger partial charge in [-0.2, -0.15) is 0 Å². The number of amides is 5. The highest BCUT2D eigenvalue weighted by molar-refractivity contribution is 6.01. The lowest BCUT2D eigenvalue weighted by Crippen LogP contribution is -2.61. The molecular weight excluding hydrogens is 646 g/mol. The van der Waals surface area contributed by atoms with Crippen LogP contribution >= 0.6 is 0 Å². The number of nitrogens with zero attached hydrogens (tertiary/aromatic N) is 2. The van der Waals surface area contributed by atoms with E-state index in [2.05, 4.69) is 16.0 Å². The maximum atomic E-state index is 14.1. The van der Waals surface area contributed by atoms with E-state index in [-0.39, 0.29) is 42.6 Å². The average molecular weight is 700 g/mol. The summed E-state index contributed by atoms with van der Waals surface area (Å²) in [5.41, 5.74) is -0.240. The highest BCUT2D eigenvalue weighted by Crippen LogP contribution is 2.29. The average Bonchev–Trinajstić information content (AvgIpc) is 3.35. The molecule has 2 rings (SSSR count). The second-order valence-corrected chi connectivity index (χ2v) is 14.6. The zero-order chi connectivity index (χ0) is 38.1. The lowest BCUT2D eigenvalue weighted by Gasteiger charge is -2.40. The van der Waals surface area contributed by atoms with Crippen molar-refractivity contribution in [3.05, 3.63) is 47.5 Å². The zero-order valence-electron chi connectivity index (χ0n) is 30.8. The van der Waals surface area contributed by atoms with Crippen molar-refractivity contribution in [1.29, 1.82) is 0 Å². The first-order valence-electron chi connectivity index (χ1n) is 16.7. The van der Waals surface area contributed by atoms with E-state index in [1.165, 1.54) is 11.8 Å². The minimum atomic E-state index is -1.49. The van der Waals surface area contributed by atoms with Crippen molar-refractivity contribution >= 4 is 41.5 Å². The third-order valence-electron chi connectivity index (χ3n) is 8.89. The largest absolute Gasteiger partial charge is 0.480 e. The molecule has 0 bridgehead atoms. The molecule has 1 aromatic carbocycles. The molecule has 14 heteroatoms. The summed E-state index contributed by atoms with van der Waals surface area (Å²) in [6.45, 7) is 14.7. The second-order valence-electron chi connectivity index (χ2n) is 14.6. The van der Waals surface area contributed by atoms with Gasteiger partial charge in [0.05, 0.1) is 18.5 Å². The molecule has 5 amide bonds. The minimum Gasteiger partial charge on any atom is -0.480 e. The van der Waals surface area contributed by atoms with E-state index in [0.717, 1.165) is 5.56 Å². The number of carbonyl (C=O) groups excluding carboxylic acids is 6. The summed E-state index contributed by atoms with van der Waals surface area (Å²) >= 11 is 0. The summed E-state index contributed by atoms with van der Waals surface area (Å²) in [4.78, 5) is 94.8. The number of imide groups is 1.